The largest absolute Gasteiger partial charge is 0.488 e. The molecule has 2 aromatic rings. The zero-order chi connectivity index (χ0) is 25.8. The highest BCUT2D eigenvalue weighted by atomic mass is 16.5. The first-order chi connectivity index (χ1) is 17.3. The number of aryl methyl sites for hydroxylation is 2. The minimum Gasteiger partial charge on any atom is -0.488 e. The molecule has 0 spiro atoms. The van der Waals surface area contributed by atoms with Crippen LogP contribution in [-0.4, -0.2) is 86.3 Å². The van der Waals surface area contributed by atoms with E-state index in [9.17, 15) is 14.4 Å². The third-order valence-electron chi connectivity index (χ3n) is 6.66. The van der Waals surface area contributed by atoms with Gasteiger partial charge in [0.25, 0.3) is 11.5 Å². The van der Waals surface area contributed by atoms with Gasteiger partial charge in [0, 0.05) is 44.5 Å². The topological polar surface area (TPSA) is 84.3 Å². The van der Waals surface area contributed by atoms with Gasteiger partial charge < -0.3 is 28.7 Å². The van der Waals surface area contributed by atoms with Crippen LogP contribution in [0.2, 0.25) is 0 Å². The molecule has 0 atom stereocenters. The molecule has 1 amide bonds. The number of pyridine rings is 1. The number of amides is 1. The van der Waals surface area contributed by atoms with E-state index >= 15 is 0 Å². The Morgan fingerprint density at radius 3 is 2.53 bits per heavy atom. The van der Waals surface area contributed by atoms with Gasteiger partial charge in [0.15, 0.2) is 5.76 Å². The van der Waals surface area contributed by atoms with Gasteiger partial charge in [-0.05, 0) is 59.1 Å². The number of nitrogens with zero attached hydrogens (tertiary/aromatic N) is 4. The third kappa shape index (κ3) is 5.26. The van der Waals surface area contributed by atoms with E-state index in [1.54, 1.807) is 16.4 Å². The van der Waals surface area contributed by atoms with E-state index < -0.39 is 5.97 Å². The molecular weight excluding hydrogens is 460 g/mol. The summed E-state index contributed by atoms with van der Waals surface area (Å²) in [5.74, 6) is -0.294. The standard InChI is InChI=1S/C27H36N4O5/c1-5-35-27(34)23-24(29-13-15-30(16-14-29)25(32)22-8-6-17-36-22)20-18-19(2)9-10-21(20)31(26(23)33)12-7-11-28(3)4/h8-10,18H,5-7,11-17H2,1-4H3. The number of carbonyl (C=O) groups excluding carboxylic acids is 2. The molecule has 0 bridgehead atoms. The number of hydrogen-bond acceptors (Lipinski definition) is 7. The smallest absolute Gasteiger partial charge is 0.345 e. The van der Waals surface area contributed by atoms with E-state index in [1.807, 2.05) is 50.2 Å². The number of esters is 1. The van der Waals surface area contributed by atoms with Crippen molar-refractivity contribution in [3.8, 4) is 0 Å². The Labute approximate surface area is 211 Å². The predicted octanol–water partition coefficient (Wildman–Crippen LogP) is 2.39. The number of benzene rings is 1. The van der Waals surface area contributed by atoms with Gasteiger partial charge >= 0.3 is 5.97 Å². The van der Waals surface area contributed by atoms with E-state index in [0.717, 1.165) is 35.9 Å². The summed E-state index contributed by atoms with van der Waals surface area (Å²) in [7, 11) is 3.99. The van der Waals surface area contributed by atoms with Gasteiger partial charge in [-0.15, -0.1) is 0 Å². The fourth-order valence-corrected chi connectivity index (χ4v) is 4.89. The van der Waals surface area contributed by atoms with Crippen molar-refractivity contribution in [2.75, 3.05) is 64.9 Å². The zero-order valence-electron chi connectivity index (χ0n) is 21.7. The lowest BCUT2D eigenvalue weighted by Gasteiger charge is -2.37. The second-order valence-electron chi connectivity index (χ2n) is 9.56. The van der Waals surface area contributed by atoms with Crippen molar-refractivity contribution < 1.29 is 19.1 Å². The van der Waals surface area contributed by atoms with Crippen molar-refractivity contribution >= 4 is 28.5 Å². The molecule has 2 aliphatic rings. The van der Waals surface area contributed by atoms with E-state index in [1.165, 1.54) is 0 Å². The van der Waals surface area contributed by atoms with Crippen molar-refractivity contribution in [3.63, 3.8) is 0 Å². The number of aromatic nitrogens is 1. The van der Waals surface area contributed by atoms with Crippen molar-refractivity contribution in [2.45, 2.75) is 33.2 Å². The summed E-state index contributed by atoms with van der Waals surface area (Å²) in [4.78, 5) is 45.7. The Balaban J connectivity index is 1.75. The predicted molar refractivity (Wildman–Crippen MR) is 140 cm³/mol. The maximum atomic E-state index is 13.8. The van der Waals surface area contributed by atoms with Crippen molar-refractivity contribution in [1.82, 2.24) is 14.4 Å². The van der Waals surface area contributed by atoms with E-state index in [-0.39, 0.29) is 23.6 Å². The number of anilines is 1. The van der Waals surface area contributed by atoms with Gasteiger partial charge in [0.2, 0.25) is 0 Å². The molecule has 36 heavy (non-hydrogen) atoms. The molecule has 9 heteroatoms. The molecule has 1 fully saturated rings. The van der Waals surface area contributed by atoms with Crippen LogP contribution in [0.1, 0.15) is 35.7 Å². The first kappa shape index (κ1) is 25.8. The average Bonchev–Trinajstić information content (AvgIpc) is 3.39. The van der Waals surface area contributed by atoms with Crippen LogP contribution < -0.4 is 10.5 Å². The summed E-state index contributed by atoms with van der Waals surface area (Å²) >= 11 is 0. The third-order valence-corrected chi connectivity index (χ3v) is 6.66. The van der Waals surface area contributed by atoms with Crippen molar-refractivity contribution in [2.24, 2.45) is 0 Å². The second-order valence-corrected chi connectivity index (χ2v) is 9.56. The quantitative estimate of drug-likeness (QED) is 0.519. The van der Waals surface area contributed by atoms with Gasteiger partial charge in [-0.2, -0.15) is 0 Å². The summed E-state index contributed by atoms with van der Waals surface area (Å²) in [6, 6.07) is 5.98. The summed E-state index contributed by atoms with van der Waals surface area (Å²) in [5.41, 5.74) is 2.18. The number of fused-ring (bicyclic) bond motifs is 1. The number of piperazine rings is 1. The Kier molecular flexibility index (Phi) is 7.98. The molecule has 0 unspecified atom stereocenters. The van der Waals surface area contributed by atoms with Crippen LogP contribution in [0.4, 0.5) is 5.69 Å². The van der Waals surface area contributed by atoms with Crippen molar-refractivity contribution in [1.29, 1.82) is 0 Å². The molecular formula is C27H36N4O5. The first-order valence-electron chi connectivity index (χ1n) is 12.7. The lowest BCUT2D eigenvalue weighted by Crippen LogP contribution is -2.50. The number of rotatable bonds is 8. The summed E-state index contributed by atoms with van der Waals surface area (Å²) in [6.07, 6.45) is 3.36. The highest BCUT2D eigenvalue weighted by Gasteiger charge is 2.31. The molecule has 0 aliphatic carbocycles. The molecule has 9 nitrogen and oxygen atoms in total. The fourth-order valence-electron chi connectivity index (χ4n) is 4.89. The summed E-state index contributed by atoms with van der Waals surface area (Å²) in [6.45, 7) is 7.73. The van der Waals surface area contributed by atoms with Gasteiger partial charge in [0.1, 0.15) is 5.56 Å². The number of carbonyl (C=O) groups is 2. The van der Waals surface area contributed by atoms with Crippen LogP contribution in [0, 0.1) is 6.92 Å². The molecule has 1 aromatic heterocycles. The Bertz CT molecular complexity index is 1220. The molecule has 0 radical (unpaired) electrons. The lowest BCUT2D eigenvalue weighted by atomic mass is 10.0. The van der Waals surface area contributed by atoms with Crippen LogP contribution in [-0.2, 0) is 20.8 Å². The van der Waals surface area contributed by atoms with Crippen LogP contribution >= 0.6 is 0 Å². The maximum absolute atomic E-state index is 13.8. The Morgan fingerprint density at radius 1 is 1.14 bits per heavy atom. The van der Waals surface area contributed by atoms with E-state index in [4.69, 9.17) is 9.47 Å². The van der Waals surface area contributed by atoms with E-state index in [0.29, 0.717) is 50.8 Å². The number of ether oxygens (including phenoxy) is 2. The lowest BCUT2D eigenvalue weighted by molar-refractivity contribution is -0.130. The normalized spacial score (nSPS) is 15.9. The maximum Gasteiger partial charge on any atom is 0.345 e. The van der Waals surface area contributed by atoms with Gasteiger partial charge in [-0.3, -0.25) is 9.59 Å². The SMILES string of the molecule is CCOC(=O)c1c(N2CCN(C(=O)C3=CCCO3)CC2)c2cc(C)ccc2n(CCCN(C)C)c1=O. The summed E-state index contributed by atoms with van der Waals surface area (Å²) in [5, 5.41) is 0.851. The highest BCUT2D eigenvalue weighted by molar-refractivity contribution is 6.05. The second kappa shape index (κ2) is 11.2. The zero-order valence-corrected chi connectivity index (χ0v) is 21.7. The molecule has 3 heterocycles. The molecule has 1 aromatic carbocycles. The Morgan fingerprint density at radius 2 is 1.89 bits per heavy atom. The molecule has 0 N–H and O–H groups in total. The van der Waals surface area contributed by atoms with Crippen LogP contribution in [0.25, 0.3) is 10.9 Å². The van der Waals surface area contributed by atoms with Crippen LogP contribution in [0.5, 0.6) is 0 Å². The first-order valence-corrected chi connectivity index (χ1v) is 12.7. The summed E-state index contributed by atoms with van der Waals surface area (Å²) < 4.78 is 12.5. The highest BCUT2D eigenvalue weighted by Crippen LogP contribution is 2.32. The van der Waals surface area contributed by atoms with E-state index in [2.05, 4.69) is 4.90 Å². The van der Waals surface area contributed by atoms with Gasteiger partial charge in [-0.1, -0.05) is 11.6 Å². The van der Waals surface area contributed by atoms with Gasteiger partial charge in [0.05, 0.1) is 24.4 Å². The fraction of sp³-hybridized carbons (Fsp3) is 0.519. The average molecular weight is 497 g/mol. The minimum atomic E-state index is -0.606. The minimum absolute atomic E-state index is 0.0708. The molecule has 194 valence electrons. The molecule has 1 saturated heterocycles. The van der Waals surface area contributed by atoms with Crippen molar-refractivity contribution in [3.05, 3.63) is 51.5 Å². The van der Waals surface area contributed by atoms with Gasteiger partial charge in [-0.25, -0.2) is 4.79 Å². The molecule has 2 aliphatic heterocycles. The number of hydrogen-bond donors (Lipinski definition) is 0. The van der Waals surface area contributed by atoms with Crippen LogP contribution in [0.3, 0.4) is 0 Å². The molecule has 0 saturated carbocycles. The molecule has 4 rings (SSSR count). The van der Waals surface area contributed by atoms with Crippen LogP contribution in [0.15, 0.2) is 34.8 Å². The Hall–Kier alpha value is -3.33. The monoisotopic (exact) mass is 496 g/mol.